The average Bonchev–Trinajstić information content (AvgIpc) is 3.41. The fourth-order valence-corrected chi connectivity index (χ4v) is 11.8. The molecular weight excluding hydrogens is 595 g/mol. The first kappa shape index (κ1) is 32.2. The summed E-state index contributed by atoms with van der Waals surface area (Å²) < 4.78 is 0. The van der Waals surface area contributed by atoms with Crippen LogP contribution in [0.15, 0.2) is 119 Å². The van der Waals surface area contributed by atoms with E-state index in [1.54, 1.807) is 22.3 Å². The normalized spacial score (nSPS) is 42.2. The molecule has 0 aromatic carbocycles. The predicted molar refractivity (Wildman–Crippen MR) is 204 cm³/mol. The van der Waals surface area contributed by atoms with Crippen LogP contribution in [0.2, 0.25) is 0 Å². The first-order valence-electron chi connectivity index (χ1n) is 20.2. The molecule has 0 spiro atoms. The lowest BCUT2D eigenvalue weighted by atomic mass is 9.61. The molecule has 3 nitrogen and oxygen atoms in total. The molecule has 2 fully saturated rings. The highest BCUT2D eigenvalue weighted by molar-refractivity contribution is 5.48. The highest BCUT2D eigenvalue weighted by Gasteiger charge is 2.53. The van der Waals surface area contributed by atoms with Gasteiger partial charge in [-0.25, -0.2) is 0 Å². The van der Waals surface area contributed by atoms with E-state index in [2.05, 4.69) is 121 Å². The molecule has 9 aliphatic rings. The summed E-state index contributed by atoms with van der Waals surface area (Å²) in [7, 11) is 0. The standard InChI is InChI=1S/C46H59N3/c1-46(2)40-26-24-30-13-9-10-22-38(30)42(40)39-25-23-36(29-41(39)46)34-19-11-18-33(27-34)35-20-12-21-37(28-35)45-48-43(31-14-5-3-6-15-31)47-44(49-45)32-16-7-4-8-17-32/h3,5,7,9-11,13-14,16,18-20,22,24,26,30,32,34,36-39,41,43-45,47-49H,4,6,8,12,15,17,21,23,25,27-29H2,1-2H3. The Labute approximate surface area is 296 Å². The number of fused-ring (bicyclic) bond motifs is 4. The second-order valence-electron chi connectivity index (χ2n) is 17.4. The molecule has 258 valence electrons. The molecule has 3 N–H and O–H groups in total. The molecule has 0 amide bonds. The van der Waals surface area contributed by atoms with Crippen molar-refractivity contribution in [1.82, 2.24) is 16.0 Å². The summed E-state index contributed by atoms with van der Waals surface area (Å²) in [5.74, 6) is 5.33. The van der Waals surface area contributed by atoms with Crippen molar-refractivity contribution in [3.05, 3.63) is 119 Å². The van der Waals surface area contributed by atoms with Crippen molar-refractivity contribution < 1.29 is 0 Å². The number of rotatable bonds is 5. The minimum absolute atomic E-state index is 0.259. The molecular formula is C46H59N3. The van der Waals surface area contributed by atoms with Gasteiger partial charge in [-0.3, -0.25) is 16.0 Å². The van der Waals surface area contributed by atoms with E-state index in [0.29, 0.717) is 41.9 Å². The molecule has 11 unspecified atom stereocenters. The van der Waals surface area contributed by atoms with Crippen LogP contribution in [0.3, 0.4) is 0 Å². The number of nitrogens with one attached hydrogen (secondary N) is 3. The summed E-state index contributed by atoms with van der Waals surface area (Å²) in [5.41, 5.74) is 8.55. The Morgan fingerprint density at radius 1 is 0.694 bits per heavy atom. The van der Waals surface area contributed by atoms with Gasteiger partial charge in [-0.1, -0.05) is 111 Å². The van der Waals surface area contributed by atoms with Crippen LogP contribution < -0.4 is 16.0 Å². The highest BCUT2D eigenvalue weighted by Crippen LogP contribution is 2.62. The third kappa shape index (κ3) is 6.06. The van der Waals surface area contributed by atoms with Gasteiger partial charge in [-0.2, -0.15) is 0 Å². The first-order chi connectivity index (χ1) is 24.0. The van der Waals surface area contributed by atoms with Gasteiger partial charge in [0.1, 0.15) is 0 Å². The van der Waals surface area contributed by atoms with E-state index in [-0.39, 0.29) is 11.6 Å². The lowest BCUT2D eigenvalue weighted by molar-refractivity contribution is 0.111. The van der Waals surface area contributed by atoms with Crippen molar-refractivity contribution in [3.8, 4) is 0 Å². The summed E-state index contributed by atoms with van der Waals surface area (Å²) >= 11 is 0. The maximum Gasteiger partial charge on any atom is 0.0821 e. The minimum Gasteiger partial charge on any atom is -0.286 e. The van der Waals surface area contributed by atoms with Gasteiger partial charge >= 0.3 is 0 Å². The van der Waals surface area contributed by atoms with Crippen molar-refractivity contribution >= 4 is 0 Å². The Morgan fingerprint density at radius 2 is 1.61 bits per heavy atom. The molecule has 3 heteroatoms. The third-order valence-electron chi connectivity index (χ3n) is 14.4. The van der Waals surface area contributed by atoms with Gasteiger partial charge in [0, 0.05) is 17.8 Å². The van der Waals surface area contributed by atoms with Crippen LogP contribution in [-0.4, -0.2) is 18.5 Å². The zero-order valence-electron chi connectivity index (χ0n) is 30.0. The molecule has 1 heterocycles. The van der Waals surface area contributed by atoms with Gasteiger partial charge in [0.15, 0.2) is 0 Å². The lowest BCUT2D eigenvalue weighted by Gasteiger charge is -2.46. The lowest BCUT2D eigenvalue weighted by Crippen LogP contribution is -2.71. The largest absolute Gasteiger partial charge is 0.286 e. The van der Waals surface area contributed by atoms with Crippen molar-refractivity contribution in [1.29, 1.82) is 0 Å². The number of allylic oxidation sites excluding steroid dienone is 18. The Balaban J connectivity index is 0.875. The fourth-order valence-electron chi connectivity index (χ4n) is 11.8. The quantitative estimate of drug-likeness (QED) is 0.259. The van der Waals surface area contributed by atoms with E-state index in [9.17, 15) is 0 Å². The van der Waals surface area contributed by atoms with Crippen molar-refractivity contribution in [3.63, 3.8) is 0 Å². The van der Waals surface area contributed by atoms with Crippen LogP contribution in [-0.2, 0) is 0 Å². The van der Waals surface area contributed by atoms with Crippen molar-refractivity contribution in [2.45, 2.75) is 109 Å². The topological polar surface area (TPSA) is 36.1 Å². The van der Waals surface area contributed by atoms with Gasteiger partial charge in [-0.05, 0) is 134 Å². The number of hydrogen-bond acceptors (Lipinski definition) is 3. The van der Waals surface area contributed by atoms with Gasteiger partial charge < -0.3 is 0 Å². The molecule has 9 rings (SSSR count). The van der Waals surface area contributed by atoms with Gasteiger partial charge in [0.05, 0.1) is 18.5 Å². The zero-order chi connectivity index (χ0) is 33.0. The summed E-state index contributed by atoms with van der Waals surface area (Å²) in [6.45, 7) is 5.14. The van der Waals surface area contributed by atoms with E-state index >= 15 is 0 Å². The van der Waals surface area contributed by atoms with E-state index in [1.165, 1.54) is 69.8 Å². The van der Waals surface area contributed by atoms with Gasteiger partial charge in [-0.15, -0.1) is 0 Å². The third-order valence-corrected chi connectivity index (χ3v) is 14.4. The monoisotopic (exact) mass is 653 g/mol. The first-order valence-corrected chi connectivity index (χ1v) is 20.2. The molecule has 1 aliphatic heterocycles. The summed E-state index contributed by atoms with van der Waals surface area (Å²) in [6.07, 6.45) is 52.5. The van der Waals surface area contributed by atoms with Gasteiger partial charge in [0.2, 0.25) is 0 Å². The van der Waals surface area contributed by atoms with Crippen LogP contribution in [0.5, 0.6) is 0 Å². The Kier molecular flexibility index (Phi) is 8.83. The molecule has 8 aliphatic carbocycles. The summed E-state index contributed by atoms with van der Waals surface area (Å²) in [4.78, 5) is 0. The Hall–Kier alpha value is -2.72. The minimum atomic E-state index is 0.259. The number of hydrogen-bond donors (Lipinski definition) is 3. The maximum atomic E-state index is 4.12. The van der Waals surface area contributed by atoms with Crippen LogP contribution in [0.1, 0.15) is 90.9 Å². The molecule has 1 saturated carbocycles. The average molecular weight is 654 g/mol. The molecule has 0 bridgehead atoms. The Morgan fingerprint density at radius 3 is 2.49 bits per heavy atom. The van der Waals surface area contributed by atoms with Crippen molar-refractivity contribution in [2.24, 2.45) is 52.8 Å². The molecule has 0 radical (unpaired) electrons. The van der Waals surface area contributed by atoms with Crippen LogP contribution in [0.4, 0.5) is 0 Å². The van der Waals surface area contributed by atoms with E-state index < -0.39 is 0 Å². The van der Waals surface area contributed by atoms with Crippen LogP contribution in [0.25, 0.3) is 0 Å². The fraction of sp³-hybridized carbons (Fsp3) is 0.565. The van der Waals surface area contributed by atoms with E-state index in [1.807, 2.05) is 0 Å². The SMILES string of the molecule is CC1(C)C2=C(C3C=CC=CC3C=C2)C2CCC(C3C=CC=C(C4=CCCC(C5NC(C6=CC=CCC6)NC(C6C=CCCC6)N5)C4)C3)CC21. The molecule has 1 saturated heterocycles. The van der Waals surface area contributed by atoms with Gasteiger partial charge in [0.25, 0.3) is 0 Å². The second-order valence-corrected chi connectivity index (χ2v) is 17.4. The molecule has 49 heavy (non-hydrogen) atoms. The summed E-state index contributed by atoms with van der Waals surface area (Å²) in [6, 6.07) is 0. The highest BCUT2D eigenvalue weighted by atomic mass is 15.4. The maximum absolute atomic E-state index is 4.12. The van der Waals surface area contributed by atoms with E-state index in [4.69, 9.17) is 0 Å². The molecule has 0 aromatic rings. The van der Waals surface area contributed by atoms with Crippen molar-refractivity contribution in [2.75, 3.05) is 0 Å². The smallest absolute Gasteiger partial charge is 0.0821 e. The summed E-state index contributed by atoms with van der Waals surface area (Å²) in [5, 5.41) is 12.2. The van der Waals surface area contributed by atoms with E-state index in [0.717, 1.165) is 30.6 Å². The zero-order valence-corrected chi connectivity index (χ0v) is 30.0. The Bertz CT molecular complexity index is 1600. The molecule has 0 aromatic heterocycles. The predicted octanol–water partition coefficient (Wildman–Crippen LogP) is 9.91. The second kappa shape index (κ2) is 13.4. The molecule has 11 atom stereocenters. The van der Waals surface area contributed by atoms with Crippen LogP contribution >= 0.6 is 0 Å². The van der Waals surface area contributed by atoms with Crippen LogP contribution in [0, 0.1) is 52.8 Å².